The molecule has 2 fully saturated rings. The summed E-state index contributed by atoms with van der Waals surface area (Å²) in [5, 5.41) is 17.5. The van der Waals surface area contributed by atoms with Crippen molar-refractivity contribution in [2.24, 2.45) is 10.4 Å². The van der Waals surface area contributed by atoms with E-state index in [1.54, 1.807) is 18.2 Å². The van der Waals surface area contributed by atoms with Crippen LogP contribution in [-0.4, -0.2) is 48.5 Å². The normalized spacial score (nSPS) is 18.2. The summed E-state index contributed by atoms with van der Waals surface area (Å²) in [6.45, 7) is 6.26. The number of rotatable bonds is 6. The van der Waals surface area contributed by atoms with Crippen molar-refractivity contribution in [2.75, 3.05) is 38.0 Å². The van der Waals surface area contributed by atoms with Crippen LogP contribution in [0.4, 0.5) is 11.4 Å². The van der Waals surface area contributed by atoms with Gasteiger partial charge in [0, 0.05) is 32.2 Å². The Morgan fingerprint density at radius 2 is 2.12 bits per heavy atom. The highest BCUT2D eigenvalue weighted by atomic mass is 127. The molecule has 8 heteroatoms. The molecule has 0 atom stereocenters. The number of nitro groups is 1. The molecule has 1 saturated heterocycles. The average molecular weight is 473 g/mol. The van der Waals surface area contributed by atoms with Gasteiger partial charge >= 0.3 is 0 Å². The van der Waals surface area contributed by atoms with Gasteiger partial charge in [-0.15, -0.1) is 24.0 Å². The molecular weight excluding hydrogens is 445 g/mol. The van der Waals surface area contributed by atoms with E-state index in [9.17, 15) is 10.1 Å². The molecule has 0 unspecified atom stereocenters. The lowest BCUT2D eigenvalue weighted by Crippen LogP contribution is -2.42. The minimum atomic E-state index is -0.363. The average Bonchev–Trinajstić information content (AvgIpc) is 3.04. The lowest BCUT2D eigenvalue weighted by atomic mass is 9.68. The number of anilines is 1. The molecule has 2 aliphatic rings. The van der Waals surface area contributed by atoms with Gasteiger partial charge in [0.15, 0.2) is 5.96 Å². The fourth-order valence-corrected chi connectivity index (χ4v) is 3.76. The molecule has 0 radical (unpaired) electrons. The summed E-state index contributed by atoms with van der Waals surface area (Å²) < 4.78 is 0. The molecule has 26 heavy (non-hydrogen) atoms. The second-order valence-electron chi connectivity index (χ2n) is 6.96. The fourth-order valence-electron chi connectivity index (χ4n) is 3.76. The van der Waals surface area contributed by atoms with Crippen LogP contribution in [0.5, 0.6) is 0 Å². The van der Waals surface area contributed by atoms with Gasteiger partial charge in [0.05, 0.1) is 11.5 Å². The summed E-state index contributed by atoms with van der Waals surface area (Å²) in [6.07, 6.45) is 5.33. The van der Waals surface area contributed by atoms with Crippen molar-refractivity contribution in [3.8, 4) is 0 Å². The number of guanidine groups is 1. The Labute approximate surface area is 171 Å². The Balaban J connectivity index is 0.00000243. The number of hydrogen-bond donors (Lipinski definition) is 2. The van der Waals surface area contributed by atoms with E-state index in [1.165, 1.54) is 31.7 Å². The van der Waals surface area contributed by atoms with Crippen molar-refractivity contribution >= 4 is 41.3 Å². The van der Waals surface area contributed by atoms with Crippen molar-refractivity contribution in [2.45, 2.75) is 32.6 Å². The highest BCUT2D eigenvalue weighted by Crippen LogP contribution is 2.47. The van der Waals surface area contributed by atoms with Crippen LogP contribution in [0.25, 0.3) is 0 Å². The van der Waals surface area contributed by atoms with Crippen LogP contribution < -0.4 is 10.6 Å². The highest BCUT2D eigenvalue weighted by molar-refractivity contribution is 14.0. The maximum Gasteiger partial charge on any atom is 0.292 e. The topological polar surface area (TPSA) is 82.8 Å². The molecule has 1 aromatic carbocycles. The maximum atomic E-state index is 11.0. The van der Waals surface area contributed by atoms with E-state index in [1.807, 2.05) is 0 Å². The zero-order valence-corrected chi connectivity index (χ0v) is 17.6. The van der Waals surface area contributed by atoms with Crippen molar-refractivity contribution in [3.05, 3.63) is 34.4 Å². The van der Waals surface area contributed by atoms with Gasteiger partial charge in [-0.2, -0.15) is 0 Å². The molecule has 1 saturated carbocycles. The molecule has 1 aromatic rings. The molecule has 3 rings (SSSR count). The minimum absolute atomic E-state index is 0. The Kier molecular flexibility index (Phi) is 7.48. The van der Waals surface area contributed by atoms with E-state index >= 15 is 0 Å². The number of aliphatic imine (C=N–C) groups is 1. The molecule has 1 aliphatic carbocycles. The van der Waals surface area contributed by atoms with Crippen molar-refractivity contribution in [1.82, 2.24) is 10.2 Å². The number of nitrogens with one attached hydrogen (secondary N) is 2. The second-order valence-corrected chi connectivity index (χ2v) is 6.96. The zero-order valence-electron chi connectivity index (χ0n) is 15.2. The number of benzene rings is 1. The first-order valence-electron chi connectivity index (χ1n) is 9.14. The Morgan fingerprint density at radius 3 is 2.73 bits per heavy atom. The van der Waals surface area contributed by atoms with Crippen LogP contribution in [0.2, 0.25) is 0 Å². The second kappa shape index (κ2) is 9.38. The lowest BCUT2D eigenvalue weighted by Gasteiger charge is -2.38. The molecular formula is C18H28IN5O2. The SMILES string of the molecule is CCNC(=NCCNc1ccccc1[N+](=O)[O-])N1CCC2(CCC2)C1.I. The van der Waals surface area contributed by atoms with Gasteiger partial charge in [0.1, 0.15) is 5.69 Å². The third-order valence-electron chi connectivity index (χ3n) is 5.28. The summed E-state index contributed by atoms with van der Waals surface area (Å²) in [5.41, 5.74) is 1.19. The first-order valence-corrected chi connectivity index (χ1v) is 9.14. The van der Waals surface area contributed by atoms with Crippen molar-refractivity contribution in [1.29, 1.82) is 0 Å². The van der Waals surface area contributed by atoms with E-state index in [-0.39, 0.29) is 34.6 Å². The van der Waals surface area contributed by atoms with E-state index in [0.717, 1.165) is 25.6 Å². The number of para-hydroxylation sites is 2. The van der Waals surface area contributed by atoms with Crippen molar-refractivity contribution < 1.29 is 4.92 Å². The van der Waals surface area contributed by atoms with Crippen molar-refractivity contribution in [3.63, 3.8) is 0 Å². The fraction of sp³-hybridized carbons (Fsp3) is 0.611. The highest BCUT2D eigenvalue weighted by Gasteiger charge is 2.43. The van der Waals surface area contributed by atoms with Crippen LogP contribution >= 0.6 is 24.0 Å². The molecule has 0 bridgehead atoms. The largest absolute Gasteiger partial charge is 0.378 e. The van der Waals surface area contributed by atoms with E-state index in [0.29, 0.717) is 24.2 Å². The number of halogens is 1. The predicted molar refractivity (Wildman–Crippen MR) is 115 cm³/mol. The first-order chi connectivity index (χ1) is 12.1. The van der Waals surface area contributed by atoms with Crippen LogP contribution in [0.1, 0.15) is 32.6 Å². The molecule has 144 valence electrons. The zero-order chi connectivity index (χ0) is 17.7. The molecule has 2 N–H and O–H groups in total. The molecule has 1 heterocycles. The standard InChI is InChI=1S/C18H27N5O2.HI/c1-2-19-17(22-13-10-18(14-22)8-5-9-18)21-12-11-20-15-6-3-4-7-16(15)23(24)25;/h3-4,6-7,20H,2,5,8-14H2,1H3,(H,19,21);1H. The van der Waals surface area contributed by atoms with Gasteiger partial charge in [-0.25, -0.2) is 0 Å². The summed E-state index contributed by atoms with van der Waals surface area (Å²) >= 11 is 0. The van der Waals surface area contributed by atoms with Crippen LogP contribution in [0, 0.1) is 15.5 Å². The maximum absolute atomic E-state index is 11.0. The molecule has 1 spiro atoms. The Morgan fingerprint density at radius 1 is 1.35 bits per heavy atom. The lowest BCUT2D eigenvalue weighted by molar-refractivity contribution is -0.384. The van der Waals surface area contributed by atoms with Crippen LogP contribution in [-0.2, 0) is 0 Å². The Bertz CT molecular complexity index is 648. The van der Waals surface area contributed by atoms with E-state index < -0.39 is 0 Å². The summed E-state index contributed by atoms with van der Waals surface area (Å²) in [5.74, 6) is 0.968. The predicted octanol–water partition coefficient (Wildman–Crippen LogP) is 3.47. The van der Waals surface area contributed by atoms with E-state index in [2.05, 4.69) is 22.5 Å². The van der Waals surface area contributed by atoms with Crippen LogP contribution in [0.15, 0.2) is 29.3 Å². The molecule has 7 nitrogen and oxygen atoms in total. The van der Waals surface area contributed by atoms with Gasteiger partial charge in [0.2, 0.25) is 0 Å². The van der Waals surface area contributed by atoms with E-state index in [4.69, 9.17) is 4.99 Å². The van der Waals surface area contributed by atoms with Gasteiger partial charge in [-0.3, -0.25) is 15.1 Å². The quantitative estimate of drug-likeness (QED) is 0.165. The molecule has 0 aromatic heterocycles. The first kappa shape index (κ1) is 20.7. The number of hydrogen-bond acceptors (Lipinski definition) is 4. The van der Waals surface area contributed by atoms with Crippen LogP contribution in [0.3, 0.4) is 0 Å². The summed E-state index contributed by atoms with van der Waals surface area (Å²) in [4.78, 5) is 17.8. The van der Waals surface area contributed by atoms with Gasteiger partial charge in [0.25, 0.3) is 5.69 Å². The monoisotopic (exact) mass is 473 g/mol. The molecule has 0 amide bonds. The van der Waals surface area contributed by atoms with Gasteiger partial charge in [-0.1, -0.05) is 18.6 Å². The number of likely N-dealkylation sites (tertiary alicyclic amines) is 1. The van der Waals surface area contributed by atoms with Gasteiger partial charge in [-0.05, 0) is 37.7 Å². The third kappa shape index (κ3) is 4.77. The third-order valence-corrected chi connectivity index (χ3v) is 5.28. The van der Waals surface area contributed by atoms with Gasteiger partial charge < -0.3 is 15.5 Å². The Hall–Kier alpha value is -1.58. The summed E-state index contributed by atoms with van der Waals surface area (Å²) in [7, 11) is 0. The molecule has 1 aliphatic heterocycles. The number of nitrogens with zero attached hydrogens (tertiary/aromatic N) is 3. The number of nitro benzene ring substituents is 1. The minimum Gasteiger partial charge on any atom is -0.378 e. The summed E-state index contributed by atoms with van der Waals surface area (Å²) in [6, 6.07) is 6.71. The smallest absolute Gasteiger partial charge is 0.292 e.